The molecule has 3 rings (SSSR count). The van der Waals surface area contributed by atoms with E-state index in [-0.39, 0.29) is 30.6 Å². The number of carbonyl (C=O) groups is 1. The number of halogens is 3. The number of amides is 1. The smallest absolute Gasteiger partial charge is 0.261 e. The minimum atomic E-state index is -3.16. The zero-order valence-corrected chi connectivity index (χ0v) is 18.8. The molecule has 156 valence electrons. The Labute approximate surface area is 185 Å². The van der Waals surface area contributed by atoms with Gasteiger partial charge in [-0.25, -0.2) is 8.42 Å². The molecule has 0 aliphatic carbocycles. The minimum absolute atomic E-state index is 0.0625. The number of hydrogen-bond donors (Lipinski definition) is 0. The largest absolute Gasteiger partial charge is 0.484 e. The van der Waals surface area contributed by atoms with E-state index in [4.69, 9.17) is 39.5 Å². The Balaban J connectivity index is 1.77. The van der Waals surface area contributed by atoms with Crippen LogP contribution in [0.1, 0.15) is 17.5 Å². The van der Waals surface area contributed by atoms with Crippen LogP contribution in [0.15, 0.2) is 36.4 Å². The van der Waals surface area contributed by atoms with E-state index in [1.165, 1.54) is 4.90 Å². The van der Waals surface area contributed by atoms with Gasteiger partial charge in [0.05, 0.1) is 11.5 Å². The molecule has 0 aromatic heterocycles. The fourth-order valence-corrected chi connectivity index (χ4v) is 5.53. The molecule has 1 amide bonds. The highest BCUT2D eigenvalue weighted by atomic mass is 35.5. The van der Waals surface area contributed by atoms with Crippen LogP contribution in [0.3, 0.4) is 0 Å². The van der Waals surface area contributed by atoms with E-state index in [1.54, 1.807) is 36.4 Å². The molecule has 1 atom stereocenters. The monoisotopic (exact) mass is 475 g/mol. The van der Waals surface area contributed by atoms with E-state index in [0.29, 0.717) is 32.8 Å². The Morgan fingerprint density at radius 1 is 1.14 bits per heavy atom. The van der Waals surface area contributed by atoms with Crippen LogP contribution in [-0.4, -0.2) is 43.4 Å². The van der Waals surface area contributed by atoms with E-state index < -0.39 is 15.9 Å². The Bertz CT molecular complexity index is 1030. The predicted molar refractivity (Wildman–Crippen MR) is 116 cm³/mol. The van der Waals surface area contributed by atoms with Crippen molar-refractivity contribution in [3.63, 3.8) is 0 Å². The molecule has 2 aromatic rings. The highest BCUT2D eigenvalue weighted by Crippen LogP contribution is 2.26. The van der Waals surface area contributed by atoms with Crippen molar-refractivity contribution < 1.29 is 17.9 Å². The van der Waals surface area contributed by atoms with Gasteiger partial charge in [-0.2, -0.15) is 0 Å². The average Bonchev–Trinajstić information content (AvgIpc) is 3.01. The summed E-state index contributed by atoms with van der Waals surface area (Å²) in [4.78, 5) is 14.5. The molecule has 1 heterocycles. The maximum Gasteiger partial charge on any atom is 0.261 e. The summed E-state index contributed by atoms with van der Waals surface area (Å²) in [6.45, 7) is 1.80. The molecule has 1 aliphatic rings. The first kappa shape index (κ1) is 22.2. The maximum absolute atomic E-state index is 13.0. The summed E-state index contributed by atoms with van der Waals surface area (Å²) >= 11 is 18.2. The fourth-order valence-electron chi connectivity index (χ4n) is 3.21. The molecule has 1 saturated heterocycles. The Kier molecular flexibility index (Phi) is 6.99. The van der Waals surface area contributed by atoms with Gasteiger partial charge in [-0.15, -0.1) is 0 Å². The van der Waals surface area contributed by atoms with Crippen molar-refractivity contribution in [3.05, 3.63) is 62.6 Å². The first-order valence-electron chi connectivity index (χ1n) is 8.97. The third-order valence-electron chi connectivity index (χ3n) is 4.82. The molecule has 1 aliphatic heterocycles. The van der Waals surface area contributed by atoms with Gasteiger partial charge in [0.15, 0.2) is 16.4 Å². The SMILES string of the molecule is Cc1cc(OCC(=O)N(Cc2ccc(Cl)cc2Cl)[C@H]2CCS(=O)(=O)C2)ccc1Cl. The summed E-state index contributed by atoms with van der Waals surface area (Å²) in [6.07, 6.45) is 0.388. The molecule has 29 heavy (non-hydrogen) atoms. The van der Waals surface area contributed by atoms with Crippen molar-refractivity contribution in [1.82, 2.24) is 4.90 Å². The molecule has 0 bridgehead atoms. The molecule has 0 saturated carbocycles. The van der Waals surface area contributed by atoms with Gasteiger partial charge < -0.3 is 9.64 Å². The number of nitrogens with zero attached hydrogens (tertiary/aromatic N) is 1. The quantitative estimate of drug-likeness (QED) is 0.613. The lowest BCUT2D eigenvalue weighted by molar-refractivity contribution is -0.136. The highest BCUT2D eigenvalue weighted by Gasteiger charge is 2.35. The summed E-state index contributed by atoms with van der Waals surface area (Å²) in [5.74, 6) is 0.200. The number of ether oxygens (including phenoxy) is 1. The zero-order valence-electron chi connectivity index (χ0n) is 15.7. The van der Waals surface area contributed by atoms with Crippen molar-refractivity contribution in [2.75, 3.05) is 18.1 Å². The van der Waals surface area contributed by atoms with Crippen LogP contribution in [0.4, 0.5) is 0 Å². The van der Waals surface area contributed by atoms with Crippen LogP contribution in [0.5, 0.6) is 5.75 Å². The average molecular weight is 477 g/mol. The lowest BCUT2D eigenvalue weighted by atomic mass is 10.1. The van der Waals surface area contributed by atoms with E-state index in [1.807, 2.05) is 6.92 Å². The van der Waals surface area contributed by atoms with E-state index in [0.717, 1.165) is 5.56 Å². The van der Waals surface area contributed by atoms with Crippen molar-refractivity contribution in [1.29, 1.82) is 0 Å². The Morgan fingerprint density at radius 3 is 2.52 bits per heavy atom. The molecule has 2 aromatic carbocycles. The predicted octanol–water partition coefficient (Wildman–Crippen LogP) is 4.55. The number of benzene rings is 2. The number of sulfone groups is 1. The first-order chi connectivity index (χ1) is 13.6. The first-order valence-corrected chi connectivity index (χ1v) is 11.9. The van der Waals surface area contributed by atoms with Gasteiger partial charge in [-0.1, -0.05) is 40.9 Å². The molecular formula is C20H20Cl3NO4S. The summed E-state index contributed by atoms with van der Waals surface area (Å²) in [5, 5.41) is 1.52. The van der Waals surface area contributed by atoms with Gasteiger partial charge in [0.1, 0.15) is 5.75 Å². The van der Waals surface area contributed by atoms with Crippen LogP contribution >= 0.6 is 34.8 Å². The molecule has 1 fully saturated rings. The Hall–Kier alpha value is -1.47. The van der Waals surface area contributed by atoms with Crippen LogP contribution in [-0.2, 0) is 21.2 Å². The maximum atomic E-state index is 13.0. The van der Waals surface area contributed by atoms with Crippen LogP contribution < -0.4 is 4.74 Å². The standard InChI is InChI=1S/C20H20Cl3NO4S/c1-13-8-17(4-5-18(13)22)28-11-20(25)24(16-6-7-29(26,27)12-16)10-14-2-3-15(21)9-19(14)23/h2-5,8-9,16H,6-7,10-12H2,1H3/t16-/m0/s1. The van der Waals surface area contributed by atoms with Gasteiger partial charge in [-0.05, 0) is 54.8 Å². The van der Waals surface area contributed by atoms with E-state index in [2.05, 4.69) is 0 Å². The van der Waals surface area contributed by atoms with Gasteiger partial charge in [0, 0.05) is 27.7 Å². The minimum Gasteiger partial charge on any atom is -0.484 e. The van der Waals surface area contributed by atoms with Crippen molar-refractivity contribution in [2.24, 2.45) is 0 Å². The molecule has 0 unspecified atom stereocenters. The second-order valence-corrected chi connectivity index (χ2v) is 10.5. The third-order valence-corrected chi connectivity index (χ3v) is 7.58. The summed E-state index contributed by atoms with van der Waals surface area (Å²) in [6, 6.07) is 9.72. The van der Waals surface area contributed by atoms with Crippen molar-refractivity contribution in [3.8, 4) is 5.75 Å². The van der Waals surface area contributed by atoms with E-state index >= 15 is 0 Å². The lowest BCUT2D eigenvalue weighted by Crippen LogP contribution is -2.43. The number of rotatable bonds is 6. The number of aryl methyl sites for hydroxylation is 1. The third kappa shape index (κ3) is 5.79. The topological polar surface area (TPSA) is 63.7 Å². The van der Waals surface area contributed by atoms with Gasteiger partial charge in [0.2, 0.25) is 0 Å². The molecule has 9 heteroatoms. The van der Waals surface area contributed by atoms with E-state index in [9.17, 15) is 13.2 Å². The van der Waals surface area contributed by atoms with Crippen molar-refractivity contribution >= 4 is 50.5 Å². The van der Waals surface area contributed by atoms with Crippen LogP contribution in [0, 0.1) is 6.92 Å². The van der Waals surface area contributed by atoms with Crippen molar-refractivity contribution in [2.45, 2.75) is 25.9 Å². The van der Waals surface area contributed by atoms with Gasteiger partial charge >= 0.3 is 0 Å². The molecule has 0 N–H and O–H groups in total. The fraction of sp³-hybridized carbons (Fsp3) is 0.350. The van der Waals surface area contributed by atoms with Gasteiger partial charge in [-0.3, -0.25) is 4.79 Å². The van der Waals surface area contributed by atoms with Crippen LogP contribution in [0.2, 0.25) is 15.1 Å². The summed E-state index contributed by atoms with van der Waals surface area (Å²) in [7, 11) is -3.16. The lowest BCUT2D eigenvalue weighted by Gasteiger charge is -2.29. The molecular weight excluding hydrogens is 457 g/mol. The van der Waals surface area contributed by atoms with Gasteiger partial charge in [0.25, 0.3) is 5.91 Å². The molecule has 0 spiro atoms. The number of hydrogen-bond acceptors (Lipinski definition) is 4. The summed E-state index contributed by atoms with van der Waals surface area (Å²) < 4.78 is 29.5. The Morgan fingerprint density at radius 2 is 1.90 bits per heavy atom. The molecule has 0 radical (unpaired) electrons. The van der Waals surface area contributed by atoms with Crippen LogP contribution in [0.25, 0.3) is 0 Å². The second-order valence-electron chi connectivity index (χ2n) is 7.01. The normalized spacial score (nSPS) is 17.9. The highest BCUT2D eigenvalue weighted by molar-refractivity contribution is 7.91. The summed E-state index contributed by atoms with van der Waals surface area (Å²) in [5.41, 5.74) is 1.53. The zero-order chi connectivity index (χ0) is 21.2. The molecule has 5 nitrogen and oxygen atoms in total. The number of carbonyl (C=O) groups excluding carboxylic acids is 1. The second kappa shape index (κ2) is 9.13.